The number of nitrogens with one attached hydrogen (secondary N) is 1. The Morgan fingerprint density at radius 3 is 2.03 bits per heavy atom. The number of esters is 2. The van der Waals surface area contributed by atoms with E-state index in [4.69, 9.17) is 9.47 Å². The summed E-state index contributed by atoms with van der Waals surface area (Å²) in [5.41, 5.74) is 0. The predicted molar refractivity (Wildman–Crippen MR) is 146 cm³/mol. The minimum atomic E-state index is -0.621. The van der Waals surface area contributed by atoms with Gasteiger partial charge in [-0.2, -0.15) is 0 Å². The van der Waals surface area contributed by atoms with Gasteiger partial charge in [0.1, 0.15) is 18.2 Å². The van der Waals surface area contributed by atoms with Gasteiger partial charge in [0.15, 0.2) is 0 Å². The van der Waals surface area contributed by atoms with Crippen molar-refractivity contribution in [2.24, 2.45) is 11.8 Å². The molecule has 4 atom stereocenters. The van der Waals surface area contributed by atoms with Gasteiger partial charge in [0.25, 0.3) is 0 Å². The Balaban J connectivity index is 2.60. The largest absolute Gasteiger partial charge is 0.461 e. The number of carbonyl (C=O) groups is 3. The molecule has 0 radical (unpaired) electrons. The van der Waals surface area contributed by atoms with E-state index in [-0.39, 0.29) is 30.1 Å². The van der Waals surface area contributed by atoms with E-state index in [1.807, 2.05) is 0 Å². The molecule has 0 aliphatic carbocycles. The molecule has 1 rings (SSSR count). The van der Waals surface area contributed by atoms with E-state index in [1.165, 1.54) is 57.8 Å². The van der Waals surface area contributed by atoms with Gasteiger partial charge in [-0.15, -0.1) is 0 Å². The lowest BCUT2D eigenvalue weighted by molar-refractivity contribution is -0.190. The molecular weight excluding hydrogens is 454 g/mol. The van der Waals surface area contributed by atoms with Crippen LogP contribution in [0.2, 0.25) is 0 Å². The highest BCUT2D eigenvalue weighted by Gasteiger charge is 2.43. The number of hydrogen-bond donors (Lipinski definition) is 1. The number of unbranched alkanes of at least 4 members (excludes halogenated alkanes) is 11. The minimum Gasteiger partial charge on any atom is -0.461 e. The number of amides is 1. The average molecular weight is 510 g/mol. The van der Waals surface area contributed by atoms with Crippen LogP contribution in [-0.4, -0.2) is 36.6 Å². The Hall–Kier alpha value is -1.59. The molecule has 1 fully saturated rings. The summed E-state index contributed by atoms with van der Waals surface area (Å²) in [6.45, 7) is 8.62. The van der Waals surface area contributed by atoms with Crippen molar-refractivity contribution in [2.45, 2.75) is 162 Å². The topological polar surface area (TPSA) is 81.7 Å². The highest BCUT2D eigenvalue weighted by Crippen LogP contribution is 2.32. The molecule has 0 saturated carbocycles. The number of rotatable bonds is 24. The Morgan fingerprint density at radius 2 is 1.47 bits per heavy atom. The van der Waals surface area contributed by atoms with Gasteiger partial charge in [-0.25, -0.2) is 4.79 Å². The first-order valence-corrected chi connectivity index (χ1v) is 15.0. The van der Waals surface area contributed by atoms with Gasteiger partial charge in [0.05, 0.1) is 5.92 Å². The summed E-state index contributed by atoms with van der Waals surface area (Å²) in [5, 5.41) is 2.64. The molecule has 1 aliphatic heterocycles. The third-order valence-corrected chi connectivity index (χ3v) is 7.38. The van der Waals surface area contributed by atoms with Crippen LogP contribution in [0.25, 0.3) is 0 Å². The molecule has 6 nitrogen and oxygen atoms in total. The Kier molecular flexibility index (Phi) is 18.4. The van der Waals surface area contributed by atoms with Gasteiger partial charge in [-0.1, -0.05) is 105 Å². The highest BCUT2D eigenvalue weighted by atomic mass is 16.6. The molecule has 0 aromatic rings. The van der Waals surface area contributed by atoms with Crippen molar-refractivity contribution in [3.8, 4) is 0 Å². The number of carbonyl (C=O) groups excluding carboxylic acids is 3. The third kappa shape index (κ3) is 14.2. The van der Waals surface area contributed by atoms with Gasteiger partial charge < -0.3 is 14.8 Å². The molecule has 210 valence electrons. The van der Waals surface area contributed by atoms with Gasteiger partial charge in [-0.3, -0.25) is 9.59 Å². The highest BCUT2D eigenvalue weighted by molar-refractivity contribution is 5.79. The molecule has 0 spiro atoms. The fraction of sp³-hybridized carbons (Fsp3) is 0.900. The van der Waals surface area contributed by atoms with E-state index in [2.05, 4.69) is 33.0 Å². The SMILES string of the molecule is CCCCCCCCCCC[C@@H](C[C@@H]1OC(=O)[C@H]1CCCCCC)OC(=O)[C@H](CCC(C)C)NC=O. The minimum absolute atomic E-state index is 0.0731. The number of hydrogen-bond acceptors (Lipinski definition) is 5. The zero-order valence-corrected chi connectivity index (χ0v) is 23.7. The van der Waals surface area contributed by atoms with Crippen molar-refractivity contribution in [1.29, 1.82) is 0 Å². The molecule has 6 heteroatoms. The first-order valence-electron chi connectivity index (χ1n) is 15.0. The van der Waals surface area contributed by atoms with Crippen LogP contribution >= 0.6 is 0 Å². The van der Waals surface area contributed by atoms with Crippen LogP contribution in [-0.2, 0) is 23.9 Å². The summed E-state index contributed by atoms with van der Waals surface area (Å²) in [6, 6.07) is -0.621. The maximum Gasteiger partial charge on any atom is 0.328 e. The van der Waals surface area contributed by atoms with Gasteiger partial charge in [0.2, 0.25) is 6.41 Å². The molecule has 1 saturated heterocycles. The Bertz CT molecular complexity index is 594. The van der Waals surface area contributed by atoms with E-state index < -0.39 is 6.04 Å². The van der Waals surface area contributed by atoms with Crippen molar-refractivity contribution in [3.05, 3.63) is 0 Å². The Labute approximate surface area is 221 Å². The van der Waals surface area contributed by atoms with E-state index in [1.54, 1.807) is 0 Å². The molecule has 1 N–H and O–H groups in total. The second-order valence-corrected chi connectivity index (χ2v) is 11.2. The first kappa shape index (κ1) is 32.4. The van der Waals surface area contributed by atoms with E-state index in [0.29, 0.717) is 25.2 Å². The zero-order chi connectivity index (χ0) is 26.6. The molecular formula is C30H55NO5. The third-order valence-electron chi connectivity index (χ3n) is 7.38. The van der Waals surface area contributed by atoms with Crippen molar-refractivity contribution in [2.75, 3.05) is 0 Å². The number of ether oxygens (including phenoxy) is 2. The van der Waals surface area contributed by atoms with Crippen molar-refractivity contribution >= 4 is 18.3 Å². The quantitative estimate of drug-likeness (QED) is 0.0840. The van der Waals surface area contributed by atoms with Crippen LogP contribution in [0.1, 0.15) is 143 Å². The maximum absolute atomic E-state index is 12.9. The molecule has 0 aromatic heterocycles. The van der Waals surface area contributed by atoms with Crippen LogP contribution in [0.15, 0.2) is 0 Å². The van der Waals surface area contributed by atoms with Crippen LogP contribution < -0.4 is 5.32 Å². The molecule has 1 aliphatic rings. The first-order chi connectivity index (χ1) is 17.4. The second-order valence-electron chi connectivity index (χ2n) is 11.2. The average Bonchev–Trinajstić information content (AvgIpc) is 2.84. The Morgan fingerprint density at radius 1 is 0.889 bits per heavy atom. The monoisotopic (exact) mass is 509 g/mol. The summed E-state index contributed by atoms with van der Waals surface area (Å²) in [7, 11) is 0. The summed E-state index contributed by atoms with van der Waals surface area (Å²) >= 11 is 0. The van der Waals surface area contributed by atoms with Crippen LogP contribution in [0.3, 0.4) is 0 Å². The van der Waals surface area contributed by atoms with Crippen molar-refractivity contribution < 1.29 is 23.9 Å². The molecule has 0 bridgehead atoms. The lowest BCUT2D eigenvalue weighted by Gasteiger charge is -2.37. The van der Waals surface area contributed by atoms with E-state index >= 15 is 0 Å². The standard InChI is InChI=1S/C30H55NO5/c1-5-7-9-11-12-13-14-15-16-18-25(35-30(34)27(31-23-32)21-20-24(3)4)22-28-26(29(33)36-28)19-17-10-8-6-2/h23-28H,5-22H2,1-4H3,(H,31,32)/t25-,26-,27-,28-/m0/s1. The zero-order valence-electron chi connectivity index (χ0n) is 23.7. The second kappa shape index (κ2) is 20.5. The van der Waals surface area contributed by atoms with Crippen molar-refractivity contribution in [3.63, 3.8) is 0 Å². The maximum atomic E-state index is 12.9. The van der Waals surface area contributed by atoms with Crippen LogP contribution in [0.4, 0.5) is 0 Å². The van der Waals surface area contributed by atoms with Crippen LogP contribution in [0.5, 0.6) is 0 Å². The predicted octanol–water partition coefficient (Wildman–Crippen LogP) is 7.27. The van der Waals surface area contributed by atoms with Gasteiger partial charge in [0, 0.05) is 6.42 Å². The summed E-state index contributed by atoms with van der Waals surface area (Å²) in [6.07, 6.45) is 19.4. The molecule has 1 amide bonds. The summed E-state index contributed by atoms with van der Waals surface area (Å²) in [5.74, 6) is -0.110. The number of cyclic esters (lactones) is 1. The van der Waals surface area contributed by atoms with Gasteiger partial charge >= 0.3 is 11.9 Å². The van der Waals surface area contributed by atoms with E-state index in [0.717, 1.165) is 44.9 Å². The molecule has 0 aromatic carbocycles. The normalized spacial score (nSPS) is 18.9. The van der Waals surface area contributed by atoms with Crippen LogP contribution in [0, 0.1) is 11.8 Å². The fourth-order valence-electron chi connectivity index (χ4n) is 4.97. The smallest absolute Gasteiger partial charge is 0.328 e. The van der Waals surface area contributed by atoms with Gasteiger partial charge in [-0.05, 0) is 38.0 Å². The summed E-state index contributed by atoms with van der Waals surface area (Å²) in [4.78, 5) is 36.1. The summed E-state index contributed by atoms with van der Waals surface area (Å²) < 4.78 is 11.4. The molecule has 36 heavy (non-hydrogen) atoms. The lowest BCUT2D eigenvalue weighted by Crippen LogP contribution is -2.48. The fourth-order valence-corrected chi connectivity index (χ4v) is 4.97. The van der Waals surface area contributed by atoms with Crippen molar-refractivity contribution in [1.82, 2.24) is 5.32 Å². The van der Waals surface area contributed by atoms with E-state index in [9.17, 15) is 14.4 Å². The molecule has 0 unspecified atom stereocenters. The molecule has 1 heterocycles. The lowest BCUT2D eigenvalue weighted by atomic mass is 9.86.